The van der Waals surface area contributed by atoms with Crippen molar-refractivity contribution in [3.05, 3.63) is 83.7 Å². The number of amides is 1. The summed E-state index contributed by atoms with van der Waals surface area (Å²) in [4.78, 5) is 20.3. The Morgan fingerprint density at radius 3 is 2.62 bits per heavy atom. The maximum atomic E-state index is 11.7. The largest absolute Gasteiger partial charge is 0.404 e. The molecule has 0 saturated heterocycles. The number of primary amides is 1. The Morgan fingerprint density at radius 1 is 1.18 bits per heavy atom. The second kappa shape index (κ2) is 9.39. The summed E-state index contributed by atoms with van der Waals surface area (Å²) in [5.41, 5.74) is 18.8. The van der Waals surface area contributed by atoms with Gasteiger partial charge in [0.25, 0.3) is 0 Å². The van der Waals surface area contributed by atoms with Gasteiger partial charge in [-0.15, -0.1) is 0 Å². The van der Waals surface area contributed by atoms with Gasteiger partial charge in [-0.05, 0) is 53.8 Å². The van der Waals surface area contributed by atoms with Crippen LogP contribution in [0.3, 0.4) is 0 Å². The smallest absolute Gasteiger partial charge is 0.248 e. The molecule has 4 rings (SSSR count). The van der Waals surface area contributed by atoms with Gasteiger partial charge in [0.15, 0.2) is 0 Å². The predicted octanol–water partition coefficient (Wildman–Crippen LogP) is 4.60. The van der Waals surface area contributed by atoms with Gasteiger partial charge in [0.05, 0.1) is 23.2 Å². The summed E-state index contributed by atoms with van der Waals surface area (Å²) in [6.45, 7) is 6.47. The minimum absolute atomic E-state index is 0.301. The van der Waals surface area contributed by atoms with Crippen LogP contribution in [0.4, 0.5) is 0 Å². The molecule has 4 aromatic rings. The number of nitrogens with two attached hydrogens (primary N) is 2. The fraction of sp³-hybridized carbons (Fsp3) is 0.222. The Kier molecular flexibility index (Phi) is 6.36. The topological polar surface area (TPSA) is 104 Å². The molecule has 4 N–H and O–H groups in total. The van der Waals surface area contributed by atoms with Crippen LogP contribution in [0.5, 0.6) is 0 Å². The normalized spacial score (nSPS) is 12.3. The molecule has 0 bridgehead atoms. The van der Waals surface area contributed by atoms with E-state index in [-0.39, 0.29) is 0 Å². The Hall–Kier alpha value is -4.13. The maximum Gasteiger partial charge on any atom is 0.248 e. The molecule has 174 valence electrons. The zero-order valence-electron chi connectivity index (χ0n) is 20.0. The van der Waals surface area contributed by atoms with Gasteiger partial charge in [-0.3, -0.25) is 9.79 Å². The number of aryl methyl sites for hydroxylation is 1. The minimum Gasteiger partial charge on any atom is -0.404 e. The monoisotopic (exact) mass is 454 g/mol. The lowest BCUT2D eigenvalue weighted by Crippen LogP contribution is -2.12. The number of nitrogens with zero attached hydrogens (tertiary/aromatic N) is 4. The summed E-state index contributed by atoms with van der Waals surface area (Å²) >= 11 is 0. The molecule has 0 aliphatic carbocycles. The number of hydrogen-bond acceptors (Lipinski definition) is 4. The van der Waals surface area contributed by atoms with Crippen LogP contribution in [0.2, 0.25) is 0 Å². The highest BCUT2D eigenvalue weighted by atomic mass is 16.1. The molecule has 0 saturated carbocycles. The molecule has 0 radical (unpaired) electrons. The lowest BCUT2D eigenvalue weighted by atomic mass is 10.0. The standard InChI is InChI=1S/C27H30N6O/c1-5-18-11-19(27(29)34)9-10-23(18)33-14-21(17(2)3)26-24(7-6-8-25(26)33)32-15-22(31-16-32)20(12-28)13-30-4/h6-17H,5,28H2,1-4H3,(H2,29,34). The number of allylic oxidation sites excluding steroid dienone is 1. The molecule has 2 aromatic heterocycles. The minimum atomic E-state index is -0.418. The van der Waals surface area contributed by atoms with Crippen molar-refractivity contribution >= 4 is 28.6 Å². The van der Waals surface area contributed by atoms with Crippen molar-refractivity contribution in [2.75, 3.05) is 7.05 Å². The molecule has 0 spiro atoms. The number of fused-ring (bicyclic) bond motifs is 1. The van der Waals surface area contributed by atoms with E-state index in [9.17, 15) is 4.79 Å². The molecule has 34 heavy (non-hydrogen) atoms. The second-order valence-corrected chi connectivity index (χ2v) is 8.52. The zero-order valence-corrected chi connectivity index (χ0v) is 20.0. The number of benzene rings is 2. The molecule has 0 fully saturated rings. The number of aliphatic imine (C=N–C) groups is 1. The van der Waals surface area contributed by atoms with E-state index in [1.54, 1.807) is 25.7 Å². The quantitative estimate of drug-likeness (QED) is 0.399. The van der Waals surface area contributed by atoms with Crippen molar-refractivity contribution in [1.29, 1.82) is 0 Å². The summed E-state index contributed by atoms with van der Waals surface area (Å²) in [5, 5.41) is 1.16. The maximum absolute atomic E-state index is 11.7. The summed E-state index contributed by atoms with van der Waals surface area (Å²) in [7, 11) is 1.71. The molecule has 0 aliphatic heterocycles. The molecule has 7 nitrogen and oxygen atoms in total. The highest BCUT2D eigenvalue weighted by Crippen LogP contribution is 2.35. The summed E-state index contributed by atoms with van der Waals surface area (Å²) < 4.78 is 4.24. The first kappa shape index (κ1) is 23.0. The number of imidazole rings is 1. The molecule has 2 aromatic carbocycles. The number of carbonyl (C=O) groups excluding carboxylic acids is 1. The van der Waals surface area contributed by atoms with Crippen molar-refractivity contribution in [3.8, 4) is 11.4 Å². The summed E-state index contributed by atoms with van der Waals surface area (Å²) in [5.74, 6) is -0.117. The van der Waals surface area contributed by atoms with E-state index in [1.807, 2.05) is 22.9 Å². The Morgan fingerprint density at radius 2 is 1.97 bits per heavy atom. The number of aromatic nitrogens is 3. The molecule has 2 heterocycles. The number of carbonyl (C=O) groups is 1. The number of rotatable bonds is 7. The van der Waals surface area contributed by atoms with Gasteiger partial charge in [0.2, 0.25) is 5.91 Å². The van der Waals surface area contributed by atoms with Crippen LogP contribution in [-0.2, 0) is 6.42 Å². The van der Waals surface area contributed by atoms with E-state index in [2.05, 4.69) is 59.7 Å². The van der Waals surface area contributed by atoms with Crippen molar-refractivity contribution in [3.63, 3.8) is 0 Å². The third kappa shape index (κ3) is 4.01. The van der Waals surface area contributed by atoms with Gasteiger partial charge in [-0.1, -0.05) is 26.8 Å². The van der Waals surface area contributed by atoms with Gasteiger partial charge < -0.3 is 20.6 Å². The predicted molar refractivity (Wildman–Crippen MR) is 139 cm³/mol. The van der Waals surface area contributed by atoms with Crippen LogP contribution < -0.4 is 11.5 Å². The molecule has 7 heteroatoms. The van der Waals surface area contributed by atoms with Crippen LogP contribution in [0.1, 0.15) is 53.9 Å². The SMILES string of the molecule is CCc1cc(C(N)=O)ccc1-n1cc(C(C)C)c2c(-n3cnc(C(C=NC)=CN)c3)cccc21. The average Bonchev–Trinajstić information content (AvgIpc) is 3.47. The van der Waals surface area contributed by atoms with Crippen LogP contribution in [-0.4, -0.2) is 33.3 Å². The average molecular weight is 455 g/mol. The van der Waals surface area contributed by atoms with E-state index in [0.717, 1.165) is 45.5 Å². The third-order valence-electron chi connectivity index (χ3n) is 6.07. The van der Waals surface area contributed by atoms with E-state index in [4.69, 9.17) is 11.5 Å². The van der Waals surface area contributed by atoms with Gasteiger partial charge in [0, 0.05) is 54.1 Å². The highest BCUT2D eigenvalue weighted by Gasteiger charge is 2.19. The lowest BCUT2D eigenvalue weighted by molar-refractivity contribution is 0.1000. The molecular formula is C27H30N6O. The van der Waals surface area contributed by atoms with Crippen LogP contribution in [0.25, 0.3) is 27.9 Å². The molecule has 0 atom stereocenters. The van der Waals surface area contributed by atoms with Crippen LogP contribution in [0, 0.1) is 0 Å². The van der Waals surface area contributed by atoms with Crippen LogP contribution >= 0.6 is 0 Å². The molecular weight excluding hydrogens is 424 g/mol. The van der Waals surface area contributed by atoms with Gasteiger partial charge >= 0.3 is 0 Å². The highest BCUT2D eigenvalue weighted by molar-refractivity contribution is 6.08. The fourth-order valence-electron chi connectivity index (χ4n) is 4.34. The van der Waals surface area contributed by atoms with Gasteiger partial charge in [-0.2, -0.15) is 0 Å². The first-order chi connectivity index (χ1) is 16.4. The lowest BCUT2D eigenvalue weighted by Gasteiger charge is -2.13. The zero-order chi connectivity index (χ0) is 24.4. The first-order valence-corrected chi connectivity index (χ1v) is 11.3. The van der Waals surface area contributed by atoms with E-state index in [1.165, 1.54) is 11.8 Å². The van der Waals surface area contributed by atoms with Gasteiger partial charge in [0.1, 0.15) is 0 Å². The van der Waals surface area contributed by atoms with E-state index in [0.29, 0.717) is 11.5 Å². The Balaban J connectivity index is 1.95. The van der Waals surface area contributed by atoms with Crippen molar-refractivity contribution in [2.45, 2.75) is 33.1 Å². The van der Waals surface area contributed by atoms with E-state index >= 15 is 0 Å². The molecule has 1 amide bonds. The van der Waals surface area contributed by atoms with E-state index < -0.39 is 5.91 Å². The van der Waals surface area contributed by atoms with Crippen molar-refractivity contribution in [1.82, 2.24) is 14.1 Å². The second-order valence-electron chi connectivity index (χ2n) is 8.52. The molecule has 0 unspecified atom stereocenters. The van der Waals surface area contributed by atoms with Gasteiger partial charge in [-0.25, -0.2) is 4.98 Å². The van der Waals surface area contributed by atoms with Crippen molar-refractivity contribution < 1.29 is 4.79 Å². The number of hydrogen-bond donors (Lipinski definition) is 2. The van der Waals surface area contributed by atoms with Crippen molar-refractivity contribution in [2.24, 2.45) is 16.5 Å². The summed E-state index contributed by atoms with van der Waals surface area (Å²) in [6, 6.07) is 11.9. The molecule has 0 aliphatic rings. The fourth-order valence-corrected chi connectivity index (χ4v) is 4.34. The summed E-state index contributed by atoms with van der Waals surface area (Å²) in [6.07, 6.45) is 9.96. The third-order valence-corrected chi connectivity index (χ3v) is 6.07. The first-order valence-electron chi connectivity index (χ1n) is 11.3. The van der Waals surface area contributed by atoms with Crippen LogP contribution in [0.15, 0.2) is 66.3 Å². The Bertz CT molecular complexity index is 1420. The Labute approximate surface area is 199 Å².